The molecule has 1 aliphatic carbocycles. The molecule has 0 aromatic heterocycles. The monoisotopic (exact) mass is 238 g/mol. The Balaban J connectivity index is 2.22. The Hall–Kier alpha value is -0.530. The Morgan fingerprint density at radius 2 is 1.81 bits per heavy atom. The molecule has 1 saturated carbocycles. The van der Waals surface area contributed by atoms with Crippen LogP contribution in [0.2, 0.25) is 5.02 Å². The number of aliphatic hydroxyl groups is 1. The number of rotatable bonds is 1. The third-order valence-corrected chi connectivity index (χ3v) is 4.28. The Labute approximate surface area is 102 Å². The summed E-state index contributed by atoms with van der Waals surface area (Å²) in [5.41, 5.74) is 0.368. The fourth-order valence-corrected chi connectivity index (χ4v) is 2.74. The Morgan fingerprint density at radius 1 is 1.19 bits per heavy atom. The zero-order valence-electron chi connectivity index (χ0n) is 9.91. The second kappa shape index (κ2) is 4.38. The molecule has 2 heteroatoms. The van der Waals surface area contributed by atoms with E-state index in [1.54, 1.807) is 0 Å². The van der Waals surface area contributed by atoms with Crippen molar-refractivity contribution in [3.63, 3.8) is 0 Å². The van der Waals surface area contributed by atoms with Crippen LogP contribution in [0.15, 0.2) is 24.3 Å². The van der Waals surface area contributed by atoms with Crippen LogP contribution in [-0.2, 0) is 5.60 Å². The first-order valence-electron chi connectivity index (χ1n) is 6.00. The maximum absolute atomic E-state index is 10.7. The standard InChI is InChI=1S/C14H19ClO/c1-10-7-8-14(16,9-11(10)2)12-3-5-13(15)6-4-12/h3-6,10-11,16H,7-9H2,1-2H3. The van der Waals surface area contributed by atoms with Gasteiger partial charge in [0.25, 0.3) is 0 Å². The van der Waals surface area contributed by atoms with Crippen LogP contribution >= 0.6 is 11.6 Å². The van der Waals surface area contributed by atoms with E-state index in [0.717, 1.165) is 29.8 Å². The molecular weight excluding hydrogens is 220 g/mol. The average Bonchev–Trinajstić information content (AvgIpc) is 2.25. The van der Waals surface area contributed by atoms with Crippen molar-refractivity contribution >= 4 is 11.6 Å². The lowest BCUT2D eigenvalue weighted by Crippen LogP contribution is -2.35. The van der Waals surface area contributed by atoms with E-state index in [1.807, 2.05) is 24.3 Å². The summed E-state index contributed by atoms with van der Waals surface area (Å²) in [6, 6.07) is 7.62. The van der Waals surface area contributed by atoms with E-state index in [4.69, 9.17) is 11.6 Å². The highest BCUT2D eigenvalue weighted by molar-refractivity contribution is 6.30. The summed E-state index contributed by atoms with van der Waals surface area (Å²) < 4.78 is 0. The van der Waals surface area contributed by atoms with E-state index in [9.17, 15) is 5.11 Å². The van der Waals surface area contributed by atoms with Gasteiger partial charge < -0.3 is 5.11 Å². The first-order chi connectivity index (χ1) is 7.51. The predicted molar refractivity (Wildman–Crippen MR) is 67.5 cm³/mol. The fraction of sp³-hybridized carbons (Fsp3) is 0.571. The lowest BCUT2D eigenvalue weighted by Gasteiger charge is -2.39. The van der Waals surface area contributed by atoms with Gasteiger partial charge in [0.2, 0.25) is 0 Å². The molecule has 88 valence electrons. The third-order valence-electron chi connectivity index (χ3n) is 4.03. The minimum Gasteiger partial charge on any atom is -0.385 e. The lowest BCUT2D eigenvalue weighted by atomic mass is 9.70. The first-order valence-corrected chi connectivity index (χ1v) is 6.37. The second-order valence-electron chi connectivity index (χ2n) is 5.24. The summed E-state index contributed by atoms with van der Waals surface area (Å²) in [4.78, 5) is 0. The molecule has 0 spiro atoms. The molecule has 3 unspecified atom stereocenters. The van der Waals surface area contributed by atoms with Crippen LogP contribution in [0.1, 0.15) is 38.7 Å². The van der Waals surface area contributed by atoms with E-state index < -0.39 is 5.60 Å². The van der Waals surface area contributed by atoms with Gasteiger partial charge in [0.1, 0.15) is 0 Å². The van der Waals surface area contributed by atoms with E-state index in [-0.39, 0.29) is 0 Å². The molecule has 0 radical (unpaired) electrons. The van der Waals surface area contributed by atoms with Crippen LogP contribution in [0.5, 0.6) is 0 Å². The maximum Gasteiger partial charge on any atom is 0.0899 e. The minimum atomic E-state index is -0.642. The normalized spacial score (nSPS) is 35.0. The highest BCUT2D eigenvalue weighted by Gasteiger charge is 2.37. The summed E-state index contributed by atoms with van der Waals surface area (Å²) in [7, 11) is 0. The largest absolute Gasteiger partial charge is 0.385 e. The van der Waals surface area contributed by atoms with E-state index in [2.05, 4.69) is 13.8 Å². The van der Waals surface area contributed by atoms with Gasteiger partial charge in [-0.15, -0.1) is 0 Å². The smallest absolute Gasteiger partial charge is 0.0899 e. The van der Waals surface area contributed by atoms with Crippen LogP contribution in [-0.4, -0.2) is 5.11 Å². The van der Waals surface area contributed by atoms with Crippen molar-refractivity contribution in [2.45, 2.75) is 38.7 Å². The molecule has 0 bridgehead atoms. The van der Waals surface area contributed by atoms with Crippen molar-refractivity contribution in [3.8, 4) is 0 Å². The number of benzene rings is 1. The van der Waals surface area contributed by atoms with Crippen molar-refractivity contribution < 1.29 is 5.11 Å². The van der Waals surface area contributed by atoms with E-state index in [1.165, 1.54) is 0 Å². The molecule has 1 nitrogen and oxygen atoms in total. The van der Waals surface area contributed by atoms with Crippen molar-refractivity contribution in [1.82, 2.24) is 0 Å². The molecule has 0 heterocycles. The average molecular weight is 239 g/mol. The molecule has 1 aromatic rings. The van der Waals surface area contributed by atoms with E-state index in [0.29, 0.717) is 11.8 Å². The zero-order chi connectivity index (χ0) is 11.8. The van der Waals surface area contributed by atoms with Crippen LogP contribution in [0.25, 0.3) is 0 Å². The lowest BCUT2D eigenvalue weighted by molar-refractivity contribution is -0.0336. The highest BCUT2D eigenvalue weighted by Crippen LogP contribution is 2.42. The van der Waals surface area contributed by atoms with Crippen molar-refractivity contribution in [2.24, 2.45) is 11.8 Å². The molecule has 1 aromatic carbocycles. The van der Waals surface area contributed by atoms with Gasteiger partial charge in [-0.3, -0.25) is 0 Å². The molecule has 0 aliphatic heterocycles. The molecule has 3 atom stereocenters. The van der Waals surface area contributed by atoms with Crippen molar-refractivity contribution in [2.75, 3.05) is 0 Å². The van der Waals surface area contributed by atoms with E-state index >= 15 is 0 Å². The summed E-state index contributed by atoms with van der Waals surface area (Å²) in [6.45, 7) is 4.50. The minimum absolute atomic E-state index is 0.578. The summed E-state index contributed by atoms with van der Waals surface area (Å²) >= 11 is 5.87. The van der Waals surface area contributed by atoms with Gasteiger partial charge in [-0.1, -0.05) is 37.6 Å². The van der Waals surface area contributed by atoms with Crippen LogP contribution in [0, 0.1) is 11.8 Å². The predicted octanol–water partition coefficient (Wildman–Crippen LogP) is 3.98. The van der Waals surface area contributed by atoms with Gasteiger partial charge in [0.05, 0.1) is 5.60 Å². The van der Waals surface area contributed by atoms with Crippen LogP contribution in [0.3, 0.4) is 0 Å². The van der Waals surface area contributed by atoms with Gasteiger partial charge in [-0.05, 0) is 48.8 Å². The quantitative estimate of drug-likeness (QED) is 0.785. The highest BCUT2D eigenvalue weighted by atomic mass is 35.5. The second-order valence-corrected chi connectivity index (χ2v) is 5.67. The maximum atomic E-state index is 10.7. The van der Waals surface area contributed by atoms with Crippen LogP contribution in [0.4, 0.5) is 0 Å². The van der Waals surface area contributed by atoms with Gasteiger partial charge >= 0.3 is 0 Å². The number of halogens is 1. The SMILES string of the molecule is CC1CCC(O)(c2ccc(Cl)cc2)CC1C. The summed E-state index contributed by atoms with van der Waals surface area (Å²) in [5.74, 6) is 1.29. The number of hydrogen-bond donors (Lipinski definition) is 1. The first kappa shape index (κ1) is 11.9. The molecule has 1 N–H and O–H groups in total. The van der Waals surface area contributed by atoms with Gasteiger partial charge in [0, 0.05) is 5.02 Å². The van der Waals surface area contributed by atoms with Gasteiger partial charge in [-0.25, -0.2) is 0 Å². The summed E-state index contributed by atoms with van der Waals surface area (Å²) in [5, 5.41) is 11.4. The van der Waals surface area contributed by atoms with Crippen molar-refractivity contribution in [1.29, 1.82) is 0 Å². The van der Waals surface area contributed by atoms with Gasteiger partial charge in [0.15, 0.2) is 0 Å². The molecule has 16 heavy (non-hydrogen) atoms. The third kappa shape index (κ3) is 2.26. The molecule has 1 aliphatic rings. The topological polar surface area (TPSA) is 20.2 Å². The van der Waals surface area contributed by atoms with Gasteiger partial charge in [-0.2, -0.15) is 0 Å². The molecule has 2 rings (SSSR count). The van der Waals surface area contributed by atoms with Crippen LogP contribution < -0.4 is 0 Å². The fourth-order valence-electron chi connectivity index (χ4n) is 2.61. The Bertz CT molecular complexity index is 360. The number of hydrogen-bond acceptors (Lipinski definition) is 1. The molecular formula is C14H19ClO. The summed E-state index contributed by atoms with van der Waals surface area (Å²) in [6.07, 6.45) is 2.82. The molecule has 0 amide bonds. The molecule has 1 fully saturated rings. The zero-order valence-corrected chi connectivity index (χ0v) is 10.7. The van der Waals surface area contributed by atoms with Crippen molar-refractivity contribution in [3.05, 3.63) is 34.9 Å². The Morgan fingerprint density at radius 3 is 2.38 bits per heavy atom. The Kier molecular flexibility index (Phi) is 3.27. The molecule has 0 saturated heterocycles.